The van der Waals surface area contributed by atoms with Crippen LogP contribution in [0.3, 0.4) is 0 Å². The maximum atomic E-state index is 9.97. The van der Waals surface area contributed by atoms with Gasteiger partial charge in [-0.05, 0) is 0 Å². The van der Waals surface area contributed by atoms with Crippen LogP contribution in [0.4, 0.5) is 0 Å². The first-order valence-corrected chi connectivity index (χ1v) is 6.98. The van der Waals surface area contributed by atoms with Crippen molar-refractivity contribution in [1.82, 2.24) is 0 Å². The maximum Gasteiger partial charge on any atom is 0.189 e. The number of hydrogen-bond donors (Lipinski definition) is 4. The minimum absolute atomic E-state index is 0.309. The first kappa shape index (κ1) is 14.2. The summed E-state index contributed by atoms with van der Waals surface area (Å²) in [6, 6.07) is 0. The normalized spacial score (nSPS) is 59.4. The highest BCUT2D eigenvalue weighted by Gasteiger charge is 2.55. The number of aliphatic hydroxyl groups excluding tert-OH is 4. The van der Waals surface area contributed by atoms with Crippen LogP contribution < -0.4 is 0 Å². The molecule has 0 aliphatic carbocycles. The van der Waals surface area contributed by atoms with Crippen LogP contribution in [0.15, 0.2) is 0 Å². The Bertz CT molecular complexity index is 370. The molecule has 4 rings (SSSR count). The van der Waals surface area contributed by atoms with Crippen molar-refractivity contribution in [2.45, 2.75) is 61.4 Å². The van der Waals surface area contributed by atoms with E-state index < -0.39 is 49.2 Å². The molecule has 0 amide bonds. The minimum Gasteiger partial charge on any atom is -0.387 e. The van der Waals surface area contributed by atoms with E-state index in [2.05, 4.69) is 0 Å². The van der Waals surface area contributed by atoms with Gasteiger partial charge in [-0.15, -0.1) is 0 Å². The molecule has 0 aromatic carbocycles. The molecule has 10 atom stereocenters. The number of ether oxygens (including phenoxy) is 5. The lowest BCUT2D eigenvalue weighted by Crippen LogP contribution is -2.69. The van der Waals surface area contributed by atoms with Crippen LogP contribution in [0.25, 0.3) is 0 Å². The van der Waals surface area contributed by atoms with Gasteiger partial charge in [0.15, 0.2) is 12.6 Å². The van der Waals surface area contributed by atoms with Gasteiger partial charge in [0.2, 0.25) is 0 Å². The molecule has 9 heteroatoms. The highest BCUT2D eigenvalue weighted by Crippen LogP contribution is 2.35. The van der Waals surface area contributed by atoms with E-state index in [0.717, 1.165) is 0 Å². The van der Waals surface area contributed by atoms with Crippen LogP contribution in [0.2, 0.25) is 0 Å². The molecule has 0 unspecified atom stereocenters. The molecule has 4 N–H and O–H groups in total. The second kappa shape index (κ2) is 5.08. The van der Waals surface area contributed by atoms with Gasteiger partial charge in [0.05, 0.1) is 13.2 Å². The lowest BCUT2D eigenvalue weighted by molar-refractivity contribution is -0.411. The molecule has 4 saturated heterocycles. The topological polar surface area (TPSA) is 127 Å². The summed E-state index contributed by atoms with van der Waals surface area (Å²) < 4.78 is 26.6. The van der Waals surface area contributed by atoms with Gasteiger partial charge in [-0.1, -0.05) is 0 Å². The van der Waals surface area contributed by atoms with Crippen LogP contribution in [0.1, 0.15) is 0 Å². The highest BCUT2D eigenvalue weighted by atomic mass is 16.8. The van der Waals surface area contributed by atoms with E-state index in [0.29, 0.717) is 13.2 Å². The molecule has 0 aromatic rings. The van der Waals surface area contributed by atoms with Gasteiger partial charge in [0.1, 0.15) is 48.8 Å². The van der Waals surface area contributed by atoms with Crippen molar-refractivity contribution in [3.63, 3.8) is 0 Å². The lowest BCUT2D eigenvalue weighted by atomic mass is 9.94. The molecule has 120 valence electrons. The third kappa shape index (κ3) is 2.12. The number of hydrogen-bond acceptors (Lipinski definition) is 9. The van der Waals surface area contributed by atoms with Crippen LogP contribution in [-0.4, -0.2) is 95.1 Å². The lowest BCUT2D eigenvalue weighted by Gasteiger charge is -2.51. The van der Waals surface area contributed by atoms with Crippen molar-refractivity contribution in [3.05, 3.63) is 0 Å². The molecule has 21 heavy (non-hydrogen) atoms. The zero-order chi connectivity index (χ0) is 14.7. The van der Waals surface area contributed by atoms with Crippen molar-refractivity contribution < 1.29 is 44.1 Å². The van der Waals surface area contributed by atoms with Gasteiger partial charge in [0.25, 0.3) is 0 Å². The quantitative estimate of drug-likeness (QED) is 0.415. The van der Waals surface area contributed by atoms with Crippen molar-refractivity contribution in [2.75, 3.05) is 13.2 Å². The van der Waals surface area contributed by atoms with E-state index in [1.165, 1.54) is 0 Å². The summed E-state index contributed by atoms with van der Waals surface area (Å²) >= 11 is 0. The Balaban J connectivity index is 1.42. The SMILES string of the molecule is O[C@@H]1[C@@H](O)[C@@H](O[C@H]2O[C@@H]3CO[C@@H]3[C@H](O)[C@H]2O)O[C@@H]2CO[C@H]12. The fourth-order valence-corrected chi connectivity index (χ4v) is 3.02. The van der Waals surface area contributed by atoms with Crippen LogP contribution in [0.5, 0.6) is 0 Å². The van der Waals surface area contributed by atoms with E-state index in [4.69, 9.17) is 23.7 Å². The Morgan fingerprint density at radius 3 is 1.43 bits per heavy atom. The standard InChI is InChI=1S/C12H18O9/c13-5-7(15)11(19-3-1-17-9(3)5)21-12-8(16)6(14)10-4(20-12)2-18-10/h3-16H,1-2H2/t3-,4-,5-,6-,7-,8-,9+,10+,11-,12-/m1/s1. The zero-order valence-corrected chi connectivity index (χ0v) is 11.0. The van der Waals surface area contributed by atoms with E-state index in [9.17, 15) is 20.4 Å². The second-order valence-electron chi connectivity index (χ2n) is 5.78. The molecule has 4 aliphatic heterocycles. The predicted molar refractivity (Wildman–Crippen MR) is 61.9 cm³/mol. The molecule has 4 fully saturated rings. The predicted octanol–water partition coefficient (Wildman–Crippen LogP) is -3.31. The molecule has 4 aliphatic rings. The van der Waals surface area contributed by atoms with Gasteiger partial charge in [-0.25, -0.2) is 0 Å². The van der Waals surface area contributed by atoms with Crippen LogP contribution in [0, 0.1) is 0 Å². The smallest absolute Gasteiger partial charge is 0.189 e. The number of fused-ring (bicyclic) bond motifs is 2. The molecule has 0 radical (unpaired) electrons. The van der Waals surface area contributed by atoms with Crippen molar-refractivity contribution in [3.8, 4) is 0 Å². The summed E-state index contributed by atoms with van der Waals surface area (Å²) in [5, 5.41) is 39.7. The summed E-state index contributed by atoms with van der Waals surface area (Å²) in [5.41, 5.74) is 0. The Kier molecular flexibility index (Phi) is 3.45. The summed E-state index contributed by atoms with van der Waals surface area (Å²) in [6.45, 7) is 0.618. The third-order valence-electron chi connectivity index (χ3n) is 4.46. The van der Waals surface area contributed by atoms with Crippen LogP contribution in [-0.2, 0) is 23.7 Å². The van der Waals surface area contributed by atoms with Crippen molar-refractivity contribution in [1.29, 1.82) is 0 Å². The van der Waals surface area contributed by atoms with Crippen molar-refractivity contribution in [2.24, 2.45) is 0 Å². The molecule has 4 heterocycles. The summed E-state index contributed by atoms with van der Waals surface area (Å²) in [6.07, 6.45) is -9.08. The molecule has 0 saturated carbocycles. The number of aliphatic hydroxyl groups is 4. The van der Waals surface area contributed by atoms with E-state index in [-0.39, 0.29) is 12.2 Å². The van der Waals surface area contributed by atoms with Gasteiger partial charge in [-0.3, -0.25) is 0 Å². The van der Waals surface area contributed by atoms with E-state index in [1.807, 2.05) is 0 Å². The Morgan fingerprint density at radius 1 is 0.667 bits per heavy atom. The third-order valence-corrected chi connectivity index (χ3v) is 4.46. The first-order valence-electron chi connectivity index (χ1n) is 6.98. The minimum atomic E-state index is -1.32. The van der Waals surface area contributed by atoms with E-state index >= 15 is 0 Å². The number of rotatable bonds is 2. The summed E-state index contributed by atoms with van der Waals surface area (Å²) in [7, 11) is 0. The Morgan fingerprint density at radius 2 is 1.10 bits per heavy atom. The molecular weight excluding hydrogens is 288 g/mol. The van der Waals surface area contributed by atoms with Gasteiger partial charge in [0, 0.05) is 0 Å². The molecular formula is C12H18O9. The molecule has 0 bridgehead atoms. The van der Waals surface area contributed by atoms with Crippen LogP contribution >= 0.6 is 0 Å². The maximum absolute atomic E-state index is 9.97. The van der Waals surface area contributed by atoms with Crippen molar-refractivity contribution >= 4 is 0 Å². The molecule has 9 nitrogen and oxygen atoms in total. The second-order valence-corrected chi connectivity index (χ2v) is 5.78. The average Bonchev–Trinajstić information content (AvgIpc) is 2.39. The highest BCUT2D eigenvalue weighted by molar-refractivity contribution is 4.98. The summed E-state index contributed by atoms with van der Waals surface area (Å²) in [5.74, 6) is 0. The average molecular weight is 306 g/mol. The van der Waals surface area contributed by atoms with Gasteiger partial charge < -0.3 is 44.1 Å². The van der Waals surface area contributed by atoms with E-state index in [1.54, 1.807) is 0 Å². The first-order chi connectivity index (χ1) is 10.1. The van der Waals surface area contributed by atoms with Gasteiger partial charge >= 0.3 is 0 Å². The van der Waals surface area contributed by atoms with Gasteiger partial charge in [-0.2, -0.15) is 0 Å². The monoisotopic (exact) mass is 306 g/mol. The summed E-state index contributed by atoms with van der Waals surface area (Å²) in [4.78, 5) is 0. The Labute approximate surface area is 119 Å². The largest absolute Gasteiger partial charge is 0.387 e. The fourth-order valence-electron chi connectivity index (χ4n) is 3.02. The molecule has 0 aromatic heterocycles. The molecule has 0 spiro atoms. The Hall–Kier alpha value is -0.360. The zero-order valence-electron chi connectivity index (χ0n) is 11.0. The fraction of sp³-hybridized carbons (Fsp3) is 1.00.